The van der Waals surface area contributed by atoms with E-state index in [-0.39, 0.29) is 22.8 Å². The maximum absolute atomic E-state index is 13.3. The Balaban J connectivity index is 1.36. The fraction of sp³-hybridized carbons (Fsp3) is 0.680. The average Bonchev–Trinajstić information content (AvgIpc) is 3.44. The minimum atomic E-state index is -3.62. The van der Waals surface area contributed by atoms with E-state index < -0.39 is 10.0 Å². The molecule has 1 aliphatic carbocycles. The monoisotopic (exact) mass is 490 g/mol. The Kier molecular flexibility index (Phi) is 7.94. The molecule has 1 N–H and O–H groups in total. The molecule has 0 unspecified atom stereocenters. The summed E-state index contributed by atoms with van der Waals surface area (Å²) in [4.78, 5) is 17.4. The summed E-state index contributed by atoms with van der Waals surface area (Å²) in [6.07, 6.45) is 6.80. The molecule has 0 spiro atoms. The van der Waals surface area contributed by atoms with Gasteiger partial charge < -0.3 is 14.6 Å². The molecule has 2 aliphatic rings. The standard InChI is InChI=1S/C25H38N4O4S/c1-18(2)33-16-6-13-26-25(30)20-11-14-28(15-12-20)34(31,32)22-9-10-24-23(17-22)27-19(3)29(24)21-7-4-5-8-21/h9-10,17-18,20-21H,4-8,11-16H2,1-3H3,(H,26,30). The molecule has 0 radical (unpaired) electrons. The lowest BCUT2D eigenvalue weighted by molar-refractivity contribution is -0.126. The summed E-state index contributed by atoms with van der Waals surface area (Å²) < 4.78 is 35.9. The zero-order chi connectivity index (χ0) is 24.3. The summed E-state index contributed by atoms with van der Waals surface area (Å²) in [5, 5.41) is 2.96. The van der Waals surface area contributed by atoms with Gasteiger partial charge in [0.25, 0.3) is 0 Å². The number of piperidine rings is 1. The van der Waals surface area contributed by atoms with Crippen molar-refractivity contribution in [2.24, 2.45) is 5.92 Å². The number of ether oxygens (including phenoxy) is 1. The summed E-state index contributed by atoms with van der Waals surface area (Å²) in [5.41, 5.74) is 1.75. The second-order valence-electron chi connectivity index (χ2n) is 9.86. The molecule has 9 heteroatoms. The third kappa shape index (κ3) is 5.47. The number of benzene rings is 1. The predicted octanol–water partition coefficient (Wildman–Crippen LogP) is 3.79. The molecule has 2 heterocycles. The number of carbonyl (C=O) groups excluding carboxylic acids is 1. The number of imidazole rings is 1. The van der Waals surface area contributed by atoms with Crippen LogP contribution < -0.4 is 5.32 Å². The van der Waals surface area contributed by atoms with E-state index in [1.807, 2.05) is 26.8 Å². The Bertz CT molecular complexity index is 1100. The van der Waals surface area contributed by atoms with Gasteiger partial charge in [-0.15, -0.1) is 0 Å². The number of nitrogens with one attached hydrogen (secondary N) is 1. The van der Waals surface area contributed by atoms with Crippen molar-refractivity contribution in [3.8, 4) is 0 Å². The zero-order valence-electron chi connectivity index (χ0n) is 20.6. The molecule has 0 bridgehead atoms. The van der Waals surface area contributed by atoms with Crippen LogP contribution in [0.2, 0.25) is 0 Å². The molecule has 2 aromatic rings. The van der Waals surface area contributed by atoms with Crippen LogP contribution in [-0.4, -0.2) is 60.5 Å². The van der Waals surface area contributed by atoms with E-state index in [4.69, 9.17) is 4.74 Å². The maximum atomic E-state index is 13.3. The summed E-state index contributed by atoms with van der Waals surface area (Å²) in [6.45, 7) is 7.88. The second-order valence-corrected chi connectivity index (χ2v) is 11.8. The highest BCUT2D eigenvalue weighted by Crippen LogP contribution is 2.34. The van der Waals surface area contributed by atoms with Gasteiger partial charge >= 0.3 is 0 Å². The quantitative estimate of drug-likeness (QED) is 0.540. The topological polar surface area (TPSA) is 93.5 Å². The van der Waals surface area contributed by atoms with Crippen LogP contribution in [0.15, 0.2) is 23.1 Å². The van der Waals surface area contributed by atoms with Crippen molar-refractivity contribution in [1.29, 1.82) is 0 Å². The number of carbonyl (C=O) groups is 1. The molecule has 4 rings (SSSR count). The van der Waals surface area contributed by atoms with Crippen LogP contribution in [0.5, 0.6) is 0 Å². The summed E-state index contributed by atoms with van der Waals surface area (Å²) in [6, 6.07) is 5.79. The van der Waals surface area contributed by atoms with Crippen molar-refractivity contribution in [3.05, 3.63) is 24.0 Å². The van der Waals surface area contributed by atoms with Gasteiger partial charge in [-0.25, -0.2) is 13.4 Å². The Labute approximate surface area is 203 Å². The Morgan fingerprint density at radius 1 is 1.18 bits per heavy atom. The van der Waals surface area contributed by atoms with E-state index in [2.05, 4.69) is 14.9 Å². The van der Waals surface area contributed by atoms with Crippen molar-refractivity contribution < 1.29 is 17.9 Å². The average molecular weight is 491 g/mol. The molecule has 1 aromatic heterocycles. The lowest BCUT2D eigenvalue weighted by atomic mass is 9.97. The molecule has 1 amide bonds. The van der Waals surface area contributed by atoms with Gasteiger partial charge in [-0.3, -0.25) is 4.79 Å². The molecule has 34 heavy (non-hydrogen) atoms. The molecule has 0 atom stereocenters. The van der Waals surface area contributed by atoms with Crippen LogP contribution >= 0.6 is 0 Å². The number of nitrogens with zero attached hydrogens (tertiary/aromatic N) is 3. The van der Waals surface area contributed by atoms with Crippen LogP contribution in [0.25, 0.3) is 11.0 Å². The lowest BCUT2D eigenvalue weighted by Crippen LogP contribution is -2.43. The molecule has 2 fully saturated rings. The normalized spacial score (nSPS) is 18.8. The third-order valence-corrected chi connectivity index (χ3v) is 8.96. The number of hydrogen-bond donors (Lipinski definition) is 1. The molecule has 188 valence electrons. The van der Waals surface area contributed by atoms with E-state index in [0.29, 0.717) is 45.1 Å². The molecule has 8 nitrogen and oxygen atoms in total. The lowest BCUT2D eigenvalue weighted by Gasteiger charge is -2.30. The van der Waals surface area contributed by atoms with Crippen molar-refractivity contribution in [1.82, 2.24) is 19.2 Å². The van der Waals surface area contributed by atoms with Gasteiger partial charge in [0.2, 0.25) is 15.9 Å². The summed E-state index contributed by atoms with van der Waals surface area (Å²) >= 11 is 0. The van der Waals surface area contributed by atoms with Gasteiger partial charge in [-0.05, 0) is 71.1 Å². The van der Waals surface area contributed by atoms with Crippen molar-refractivity contribution >= 4 is 27.0 Å². The number of fused-ring (bicyclic) bond motifs is 1. The molecular formula is C25H38N4O4S. The van der Waals surface area contributed by atoms with Crippen LogP contribution in [0, 0.1) is 12.8 Å². The smallest absolute Gasteiger partial charge is 0.243 e. The van der Waals surface area contributed by atoms with Crippen molar-refractivity contribution in [2.75, 3.05) is 26.2 Å². The van der Waals surface area contributed by atoms with Gasteiger partial charge in [0.1, 0.15) is 5.82 Å². The van der Waals surface area contributed by atoms with Crippen LogP contribution in [0.3, 0.4) is 0 Å². The van der Waals surface area contributed by atoms with Crippen molar-refractivity contribution in [3.63, 3.8) is 0 Å². The minimum Gasteiger partial charge on any atom is -0.379 e. The molecule has 1 aromatic carbocycles. The molecule has 1 saturated carbocycles. The van der Waals surface area contributed by atoms with Gasteiger partial charge in [0.15, 0.2) is 0 Å². The third-order valence-electron chi connectivity index (χ3n) is 7.06. The number of hydrogen-bond acceptors (Lipinski definition) is 5. The predicted molar refractivity (Wildman–Crippen MR) is 132 cm³/mol. The largest absolute Gasteiger partial charge is 0.379 e. The first-order valence-corrected chi connectivity index (χ1v) is 14.1. The number of sulfonamides is 1. The van der Waals surface area contributed by atoms with E-state index in [1.165, 1.54) is 17.1 Å². The van der Waals surface area contributed by atoms with Gasteiger partial charge in [-0.2, -0.15) is 4.31 Å². The maximum Gasteiger partial charge on any atom is 0.243 e. The van der Waals surface area contributed by atoms with Crippen LogP contribution in [-0.2, 0) is 19.6 Å². The Morgan fingerprint density at radius 2 is 1.88 bits per heavy atom. The number of aryl methyl sites for hydroxylation is 1. The highest BCUT2D eigenvalue weighted by molar-refractivity contribution is 7.89. The van der Waals surface area contributed by atoms with Crippen LogP contribution in [0.1, 0.15) is 70.7 Å². The van der Waals surface area contributed by atoms with E-state index >= 15 is 0 Å². The number of rotatable bonds is 9. The fourth-order valence-electron chi connectivity index (χ4n) is 5.24. The number of aromatic nitrogens is 2. The zero-order valence-corrected chi connectivity index (χ0v) is 21.4. The van der Waals surface area contributed by atoms with E-state index in [9.17, 15) is 13.2 Å². The van der Waals surface area contributed by atoms with E-state index in [0.717, 1.165) is 36.1 Å². The SMILES string of the molecule is Cc1nc2cc(S(=O)(=O)N3CCC(C(=O)NCCCOC(C)C)CC3)ccc2n1C1CCCC1. The molecule has 1 aliphatic heterocycles. The van der Waals surface area contributed by atoms with Crippen molar-refractivity contribution in [2.45, 2.75) is 82.8 Å². The first-order valence-electron chi connectivity index (χ1n) is 12.7. The Morgan fingerprint density at radius 3 is 2.56 bits per heavy atom. The Hall–Kier alpha value is -1.97. The molecule has 1 saturated heterocycles. The second kappa shape index (κ2) is 10.7. The van der Waals surface area contributed by atoms with Gasteiger partial charge in [0, 0.05) is 38.2 Å². The highest BCUT2D eigenvalue weighted by atomic mass is 32.2. The molecular weight excluding hydrogens is 452 g/mol. The number of amides is 1. The van der Waals surface area contributed by atoms with Gasteiger partial charge in [-0.1, -0.05) is 12.8 Å². The first-order chi connectivity index (χ1) is 16.3. The minimum absolute atomic E-state index is 0.0101. The van der Waals surface area contributed by atoms with E-state index in [1.54, 1.807) is 12.1 Å². The summed E-state index contributed by atoms with van der Waals surface area (Å²) in [5.74, 6) is 0.805. The first kappa shape index (κ1) is 25.1. The highest BCUT2D eigenvalue weighted by Gasteiger charge is 2.32. The fourth-order valence-corrected chi connectivity index (χ4v) is 6.73. The van der Waals surface area contributed by atoms with Crippen LogP contribution in [0.4, 0.5) is 0 Å². The summed E-state index contributed by atoms with van der Waals surface area (Å²) in [7, 11) is -3.62. The van der Waals surface area contributed by atoms with Gasteiger partial charge in [0.05, 0.1) is 22.0 Å².